The van der Waals surface area contributed by atoms with Crippen molar-refractivity contribution in [3.63, 3.8) is 0 Å². The number of esters is 1. The molecule has 2 unspecified atom stereocenters. The van der Waals surface area contributed by atoms with Gasteiger partial charge in [-0.25, -0.2) is 0 Å². The van der Waals surface area contributed by atoms with Crippen LogP contribution in [0.25, 0.3) is 0 Å². The third-order valence-electron chi connectivity index (χ3n) is 14.6. The topological polar surface area (TPSA) is 95.9 Å². The first kappa shape index (κ1) is 69.1. The molecule has 0 saturated heterocycles. The zero-order valence-electron chi connectivity index (χ0n) is 47.7. The van der Waals surface area contributed by atoms with Crippen molar-refractivity contribution >= 4 is 11.9 Å². The number of carbonyl (C=O) groups excluding carboxylic acids is 2. The van der Waals surface area contributed by atoms with Crippen molar-refractivity contribution in [2.75, 3.05) is 13.2 Å². The number of hydrogen-bond donors (Lipinski definition) is 3. The molecular weight excluding hydrogens is 875 g/mol. The summed E-state index contributed by atoms with van der Waals surface area (Å²) in [5, 5.41) is 23.2. The van der Waals surface area contributed by atoms with Crippen LogP contribution in [-0.4, -0.2) is 47.4 Å². The maximum atomic E-state index is 12.5. The van der Waals surface area contributed by atoms with E-state index >= 15 is 0 Å². The van der Waals surface area contributed by atoms with Crippen molar-refractivity contribution < 1.29 is 24.5 Å². The second-order valence-corrected chi connectivity index (χ2v) is 21.7. The number of amides is 1. The fourth-order valence-electron chi connectivity index (χ4n) is 9.74. The molecule has 0 aromatic carbocycles. The first-order valence-electron chi connectivity index (χ1n) is 31.8. The van der Waals surface area contributed by atoms with Gasteiger partial charge in [0.15, 0.2) is 0 Å². The highest BCUT2D eigenvalue weighted by Gasteiger charge is 2.18. The summed E-state index contributed by atoms with van der Waals surface area (Å²) in [5.74, 6) is -0.0721. The van der Waals surface area contributed by atoms with Crippen molar-refractivity contribution in [3.8, 4) is 0 Å². The van der Waals surface area contributed by atoms with Gasteiger partial charge in [0, 0.05) is 12.8 Å². The Kier molecular flexibility index (Phi) is 59.0. The Bertz CT molecular complexity index is 1150. The van der Waals surface area contributed by atoms with Gasteiger partial charge in [0.05, 0.1) is 25.4 Å². The van der Waals surface area contributed by atoms with Crippen LogP contribution in [0.5, 0.6) is 0 Å². The largest absolute Gasteiger partial charge is 0.466 e. The molecule has 0 bridgehead atoms. The lowest BCUT2D eigenvalue weighted by atomic mass is 10.0. The van der Waals surface area contributed by atoms with Crippen LogP contribution in [0, 0.1) is 0 Å². The van der Waals surface area contributed by atoms with E-state index in [4.69, 9.17) is 4.74 Å². The minimum absolute atomic E-state index is 0.000938. The third-order valence-corrected chi connectivity index (χ3v) is 14.6. The number of rotatable bonds is 59. The molecule has 0 aliphatic rings. The number of carbonyl (C=O) groups is 2. The van der Waals surface area contributed by atoms with E-state index in [9.17, 15) is 19.8 Å². The lowest BCUT2D eigenvalue weighted by Crippen LogP contribution is -2.45. The van der Waals surface area contributed by atoms with Gasteiger partial charge in [-0.05, 0) is 83.5 Å². The average molecular weight is 999 g/mol. The van der Waals surface area contributed by atoms with Crippen LogP contribution in [0.1, 0.15) is 341 Å². The molecule has 3 N–H and O–H groups in total. The van der Waals surface area contributed by atoms with E-state index in [1.54, 1.807) is 6.08 Å². The summed E-state index contributed by atoms with van der Waals surface area (Å²) in [7, 11) is 0. The number of ether oxygens (including phenoxy) is 1. The zero-order chi connectivity index (χ0) is 51.4. The lowest BCUT2D eigenvalue weighted by Gasteiger charge is -2.20. The number of hydrogen-bond acceptors (Lipinski definition) is 5. The summed E-state index contributed by atoms with van der Waals surface area (Å²) in [4.78, 5) is 24.5. The standard InChI is InChI=1S/C65H123NO5/c1-3-5-7-9-11-13-15-17-19-20-27-30-33-37-41-45-49-53-57-63(68)62(61-67)66-64(69)58-54-50-46-42-38-34-31-28-25-23-21-22-24-26-29-32-36-40-44-48-52-56-60-71-65(70)59-55-51-47-43-39-35-18-16-14-12-10-8-6-4-2/h16,18,23,25,53,57,62-63,67-68H,3-15,17,19-22,24,26-52,54-56,58-61H2,1-2H3,(H,66,69)/b18-16-,25-23-,57-53+. The summed E-state index contributed by atoms with van der Waals surface area (Å²) < 4.78 is 5.48. The van der Waals surface area contributed by atoms with Crippen molar-refractivity contribution in [2.45, 2.75) is 353 Å². The molecule has 2 atom stereocenters. The Balaban J connectivity index is 3.45. The lowest BCUT2D eigenvalue weighted by molar-refractivity contribution is -0.143. The first-order valence-corrected chi connectivity index (χ1v) is 31.8. The second-order valence-electron chi connectivity index (χ2n) is 21.7. The molecule has 6 heteroatoms. The second kappa shape index (κ2) is 60.6. The number of unbranched alkanes of at least 4 members (excludes halogenated alkanes) is 44. The van der Waals surface area contributed by atoms with Gasteiger partial charge in [0.1, 0.15) is 0 Å². The number of allylic oxidation sites excluding steroid dienone is 5. The quantitative estimate of drug-likeness (QED) is 0.0321. The van der Waals surface area contributed by atoms with E-state index in [-0.39, 0.29) is 18.5 Å². The summed E-state index contributed by atoms with van der Waals surface area (Å²) in [6, 6.07) is -0.634. The van der Waals surface area contributed by atoms with Crippen molar-refractivity contribution in [3.05, 3.63) is 36.5 Å². The Morgan fingerprint density at radius 2 is 0.662 bits per heavy atom. The summed E-state index contributed by atoms with van der Waals surface area (Å²) >= 11 is 0. The molecule has 0 aliphatic heterocycles. The molecule has 0 heterocycles. The van der Waals surface area contributed by atoms with Gasteiger partial charge in [0.2, 0.25) is 5.91 Å². The van der Waals surface area contributed by atoms with Gasteiger partial charge < -0.3 is 20.3 Å². The Morgan fingerprint density at radius 3 is 1.00 bits per heavy atom. The molecule has 0 rings (SSSR count). The predicted molar refractivity (Wildman–Crippen MR) is 310 cm³/mol. The molecule has 71 heavy (non-hydrogen) atoms. The predicted octanol–water partition coefficient (Wildman–Crippen LogP) is 20.0. The number of nitrogens with one attached hydrogen (secondary N) is 1. The molecule has 6 nitrogen and oxygen atoms in total. The molecular formula is C65H123NO5. The maximum absolute atomic E-state index is 12.5. The molecule has 0 spiro atoms. The van der Waals surface area contributed by atoms with Crippen LogP contribution in [0.4, 0.5) is 0 Å². The van der Waals surface area contributed by atoms with Crippen molar-refractivity contribution in [2.24, 2.45) is 0 Å². The monoisotopic (exact) mass is 998 g/mol. The van der Waals surface area contributed by atoms with E-state index < -0.39 is 12.1 Å². The molecule has 0 fully saturated rings. The van der Waals surface area contributed by atoms with Crippen molar-refractivity contribution in [1.29, 1.82) is 0 Å². The van der Waals surface area contributed by atoms with Crippen molar-refractivity contribution in [1.82, 2.24) is 5.32 Å². The molecule has 0 radical (unpaired) electrons. The van der Waals surface area contributed by atoms with E-state index in [1.807, 2.05) is 6.08 Å². The van der Waals surface area contributed by atoms with Gasteiger partial charge >= 0.3 is 5.97 Å². The first-order chi connectivity index (χ1) is 35.0. The minimum Gasteiger partial charge on any atom is -0.466 e. The fraction of sp³-hybridized carbons (Fsp3) is 0.877. The molecule has 418 valence electrons. The normalized spacial score (nSPS) is 12.8. The highest BCUT2D eigenvalue weighted by atomic mass is 16.5. The summed E-state index contributed by atoms with van der Waals surface area (Å²) in [5.41, 5.74) is 0. The average Bonchev–Trinajstić information content (AvgIpc) is 3.37. The minimum atomic E-state index is -0.850. The zero-order valence-corrected chi connectivity index (χ0v) is 47.7. The maximum Gasteiger partial charge on any atom is 0.305 e. The molecule has 0 aliphatic carbocycles. The summed E-state index contributed by atoms with van der Waals surface area (Å²) in [6.07, 6.45) is 76.1. The molecule has 1 amide bonds. The molecule has 0 aromatic rings. The van der Waals surface area contributed by atoms with Gasteiger partial charge in [-0.3, -0.25) is 9.59 Å². The molecule has 0 saturated carbocycles. The SMILES string of the molecule is CCCCCCC/C=C\CCCCCCCC(=O)OCCCCCCCCCCCCC/C=C\CCCCCCCCCC(=O)NC(CO)C(O)/C=C/CCCCCCCCCCCCCCCCCC. The highest BCUT2D eigenvalue weighted by Crippen LogP contribution is 2.17. The van der Waals surface area contributed by atoms with Crippen LogP contribution in [0.3, 0.4) is 0 Å². The Labute approximate surface area is 443 Å². The van der Waals surface area contributed by atoms with Gasteiger partial charge in [-0.1, -0.05) is 281 Å². The van der Waals surface area contributed by atoms with Gasteiger partial charge in [-0.15, -0.1) is 0 Å². The Morgan fingerprint density at radius 1 is 0.380 bits per heavy atom. The molecule has 0 aromatic heterocycles. The van der Waals surface area contributed by atoms with Crippen LogP contribution >= 0.6 is 0 Å². The van der Waals surface area contributed by atoms with Crippen LogP contribution in [0.2, 0.25) is 0 Å². The smallest absolute Gasteiger partial charge is 0.305 e. The van der Waals surface area contributed by atoms with E-state index in [0.29, 0.717) is 19.4 Å². The number of aliphatic hydroxyl groups excluding tert-OH is 2. The summed E-state index contributed by atoms with van der Waals surface area (Å²) in [6.45, 7) is 4.90. The van der Waals surface area contributed by atoms with Crippen LogP contribution < -0.4 is 5.32 Å². The fourth-order valence-corrected chi connectivity index (χ4v) is 9.74. The van der Waals surface area contributed by atoms with Gasteiger partial charge in [0.25, 0.3) is 0 Å². The van der Waals surface area contributed by atoms with E-state index in [0.717, 1.165) is 51.4 Å². The number of aliphatic hydroxyl groups is 2. The van der Waals surface area contributed by atoms with E-state index in [1.165, 1.54) is 263 Å². The van der Waals surface area contributed by atoms with Gasteiger partial charge in [-0.2, -0.15) is 0 Å². The third kappa shape index (κ3) is 57.2. The Hall–Kier alpha value is -1.92. The van der Waals surface area contributed by atoms with Crippen LogP contribution in [-0.2, 0) is 14.3 Å². The van der Waals surface area contributed by atoms with Crippen LogP contribution in [0.15, 0.2) is 36.5 Å². The van der Waals surface area contributed by atoms with E-state index in [2.05, 4.69) is 43.5 Å². The highest BCUT2D eigenvalue weighted by molar-refractivity contribution is 5.76.